The zero-order chi connectivity index (χ0) is 15.2. The Morgan fingerprint density at radius 2 is 2.10 bits per heavy atom. The van der Waals surface area contributed by atoms with Crippen molar-refractivity contribution in [3.63, 3.8) is 0 Å². The number of nitrogens with one attached hydrogen (secondary N) is 1. The van der Waals surface area contributed by atoms with Gasteiger partial charge in [0.25, 0.3) is 0 Å². The third-order valence-electron chi connectivity index (χ3n) is 2.81. The maximum atomic E-state index is 13.5. The van der Waals surface area contributed by atoms with Gasteiger partial charge < -0.3 is 9.47 Å². The Morgan fingerprint density at radius 1 is 1.40 bits per heavy atom. The Balaban J connectivity index is 2.80. The van der Waals surface area contributed by atoms with Crippen LogP contribution in [0.5, 0.6) is 5.75 Å². The number of esters is 1. The summed E-state index contributed by atoms with van der Waals surface area (Å²) < 4.78 is 36.4. The summed E-state index contributed by atoms with van der Waals surface area (Å²) in [5.41, 5.74) is -1.12. The van der Waals surface area contributed by atoms with Crippen molar-refractivity contribution in [2.75, 3.05) is 20.3 Å². The van der Waals surface area contributed by atoms with Crippen LogP contribution in [-0.2, 0) is 9.53 Å². The number of carbonyl (C=O) groups is 1. The van der Waals surface area contributed by atoms with Crippen LogP contribution in [0, 0.1) is 11.6 Å². The predicted octanol–water partition coefficient (Wildman–Crippen LogP) is 2.27. The molecular weight excluding hydrogens is 268 g/mol. The number of halogens is 2. The summed E-state index contributed by atoms with van der Waals surface area (Å²) in [6, 6.07) is 2.91. The minimum atomic E-state index is -1.12. The largest absolute Gasteiger partial charge is 0.488 e. The number of hydrogen-bond acceptors (Lipinski definition) is 4. The first-order valence-electron chi connectivity index (χ1n) is 6.34. The van der Waals surface area contributed by atoms with Gasteiger partial charge in [0.05, 0.1) is 7.11 Å². The first-order valence-corrected chi connectivity index (χ1v) is 6.34. The Hall–Kier alpha value is -1.69. The van der Waals surface area contributed by atoms with E-state index in [0.29, 0.717) is 6.54 Å². The molecule has 0 radical (unpaired) electrons. The molecule has 112 valence electrons. The van der Waals surface area contributed by atoms with Crippen molar-refractivity contribution in [1.29, 1.82) is 0 Å². The van der Waals surface area contributed by atoms with E-state index in [1.54, 1.807) is 6.92 Å². The van der Waals surface area contributed by atoms with Gasteiger partial charge in [0.2, 0.25) is 0 Å². The van der Waals surface area contributed by atoms with Crippen LogP contribution in [0.25, 0.3) is 0 Å². The monoisotopic (exact) mass is 287 g/mol. The van der Waals surface area contributed by atoms with Gasteiger partial charge in [-0.15, -0.1) is 0 Å². The molecule has 6 heteroatoms. The van der Waals surface area contributed by atoms with Crippen molar-refractivity contribution < 1.29 is 23.0 Å². The quantitative estimate of drug-likeness (QED) is 0.782. The summed E-state index contributed by atoms with van der Waals surface area (Å²) >= 11 is 0. The minimum Gasteiger partial charge on any atom is -0.488 e. The van der Waals surface area contributed by atoms with E-state index in [-0.39, 0.29) is 12.4 Å². The SMILES string of the molecule is CCCNC(C)(COc1cc(F)ccc1F)C(=O)OC. The third-order valence-corrected chi connectivity index (χ3v) is 2.81. The molecule has 0 heterocycles. The van der Waals surface area contributed by atoms with Crippen LogP contribution in [0.2, 0.25) is 0 Å². The number of rotatable bonds is 7. The molecule has 0 aliphatic rings. The van der Waals surface area contributed by atoms with Crippen molar-refractivity contribution in [1.82, 2.24) is 5.32 Å². The van der Waals surface area contributed by atoms with Crippen LogP contribution in [0.1, 0.15) is 20.3 Å². The second-order valence-electron chi connectivity index (χ2n) is 4.61. The summed E-state index contributed by atoms with van der Waals surface area (Å²) in [5.74, 6) is -2.06. The fourth-order valence-corrected chi connectivity index (χ4v) is 1.62. The molecule has 1 unspecified atom stereocenters. The maximum absolute atomic E-state index is 13.5. The summed E-state index contributed by atoms with van der Waals surface area (Å²) in [6.07, 6.45) is 0.806. The van der Waals surface area contributed by atoms with Crippen LogP contribution >= 0.6 is 0 Å². The summed E-state index contributed by atoms with van der Waals surface area (Å²) in [7, 11) is 1.26. The normalized spacial score (nSPS) is 13.7. The number of hydrogen-bond donors (Lipinski definition) is 1. The third kappa shape index (κ3) is 4.16. The van der Waals surface area contributed by atoms with Crippen molar-refractivity contribution in [3.8, 4) is 5.75 Å². The molecule has 1 aromatic carbocycles. The number of carbonyl (C=O) groups excluding carboxylic acids is 1. The van der Waals surface area contributed by atoms with E-state index < -0.39 is 23.1 Å². The summed E-state index contributed by atoms with van der Waals surface area (Å²) in [4.78, 5) is 11.8. The number of ether oxygens (including phenoxy) is 2. The Bertz CT molecular complexity index is 468. The molecule has 1 atom stereocenters. The topological polar surface area (TPSA) is 47.6 Å². The number of benzene rings is 1. The Kier molecular flexibility index (Phi) is 5.88. The molecule has 0 amide bonds. The molecule has 1 aromatic rings. The predicted molar refractivity (Wildman–Crippen MR) is 70.6 cm³/mol. The van der Waals surface area contributed by atoms with E-state index in [1.165, 1.54) is 7.11 Å². The van der Waals surface area contributed by atoms with Crippen LogP contribution in [0.15, 0.2) is 18.2 Å². The van der Waals surface area contributed by atoms with Gasteiger partial charge in [0, 0.05) is 6.07 Å². The highest BCUT2D eigenvalue weighted by Gasteiger charge is 2.35. The Morgan fingerprint density at radius 3 is 2.70 bits per heavy atom. The lowest BCUT2D eigenvalue weighted by Gasteiger charge is -2.27. The zero-order valence-corrected chi connectivity index (χ0v) is 11.8. The van der Waals surface area contributed by atoms with Gasteiger partial charge in [-0.3, -0.25) is 5.32 Å². The second-order valence-corrected chi connectivity index (χ2v) is 4.61. The highest BCUT2D eigenvalue weighted by molar-refractivity contribution is 5.80. The van der Waals surface area contributed by atoms with Crippen LogP contribution in [0.4, 0.5) is 8.78 Å². The van der Waals surface area contributed by atoms with Crippen LogP contribution < -0.4 is 10.1 Å². The molecule has 0 saturated carbocycles. The first kappa shape index (κ1) is 16.4. The lowest BCUT2D eigenvalue weighted by molar-refractivity contribution is -0.149. The van der Waals surface area contributed by atoms with E-state index in [0.717, 1.165) is 24.6 Å². The fourth-order valence-electron chi connectivity index (χ4n) is 1.62. The first-order chi connectivity index (χ1) is 9.42. The molecular formula is C14H19F2NO3. The van der Waals surface area contributed by atoms with Crippen LogP contribution in [-0.4, -0.2) is 31.8 Å². The molecule has 0 bridgehead atoms. The van der Waals surface area contributed by atoms with E-state index in [4.69, 9.17) is 9.47 Å². The Labute approximate surface area is 117 Å². The molecule has 0 aliphatic carbocycles. The van der Waals surface area contributed by atoms with Gasteiger partial charge in [-0.1, -0.05) is 6.92 Å². The van der Waals surface area contributed by atoms with Crippen molar-refractivity contribution >= 4 is 5.97 Å². The standard InChI is InChI=1S/C14H19F2NO3/c1-4-7-17-14(2,13(18)19-3)9-20-12-8-10(15)5-6-11(12)16/h5-6,8,17H,4,7,9H2,1-3H3. The molecule has 1 N–H and O–H groups in total. The van der Waals surface area contributed by atoms with Crippen molar-refractivity contribution in [2.24, 2.45) is 0 Å². The molecule has 20 heavy (non-hydrogen) atoms. The maximum Gasteiger partial charge on any atom is 0.329 e. The molecule has 4 nitrogen and oxygen atoms in total. The highest BCUT2D eigenvalue weighted by atomic mass is 19.1. The van der Waals surface area contributed by atoms with E-state index in [1.807, 2.05) is 6.92 Å². The van der Waals surface area contributed by atoms with Gasteiger partial charge in [0.1, 0.15) is 18.0 Å². The second kappa shape index (κ2) is 7.19. The molecule has 0 aromatic heterocycles. The summed E-state index contributed by atoms with van der Waals surface area (Å²) in [6.45, 7) is 3.93. The fraction of sp³-hybridized carbons (Fsp3) is 0.500. The number of methoxy groups -OCH3 is 1. The minimum absolute atomic E-state index is 0.167. The van der Waals surface area contributed by atoms with Gasteiger partial charge in [0.15, 0.2) is 11.6 Å². The van der Waals surface area contributed by atoms with E-state index in [2.05, 4.69) is 5.32 Å². The van der Waals surface area contributed by atoms with Gasteiger partial charge in [-0.05, 0) is 32.0 Å². The molecule has 1 rings (SSSR count). The van der Waals surface area contributed by atoms with E-state index in [9.17, 15) is 13.6 Å². The average Bonchev–Trinajstić information content (AvgIpc) is 2.45. The smallest absolute Gasteiger partial charge is 0.329 e. The molecule has 0 fully saturated rings. The molecule has 0 saturated heterocycles. The summed E-state index contributed by atoms with van der Waals surface area (Å²) in [5, 5.41) is 2.99. The van der Waals surface area contributed by atoms with Crippen LogP contribution in [0.3, 0.4) is 0 Å². The van der Waals surface area contributed by atoms with Gasteiger partial charge in [-0.25, -0.2) is 13.6 Å². The molecule has 0 spiro atoms. The van der Waals surface area contributed by atoms with Crippen molar-refractivity contribution in [2.45, 2.75) is 25.8 Å². The van der Waals surface area contributed by atoms with E-state index >= 15 is 0 Å². The van der Waals surface area contributed by atoms with Gasteiger partial charge in [-0.2, -0.15) is 0 Å². The van der Waals surface area contributed by atoms with Crippen molar-refractivity contribution in [3.05, 3.63) is 29.8 Å². The molecule has 0 aliphatic heterocycles. The average molecular weight is 287 g/mol. The zero-order valence-electron chi connectivity index (χ0n) is 11.8. The lowest BCUT2D eigenvalue weighted by Crippen LogP contribution is -2.54. The highest BCUT2D eigenvalue weighted by Crippen LogP contribution is 2.20. The van der Waals surface area contributed by atoms with Gasteiger partial charge >= 0.3 is 5.97 Å². The lowest BCUT2D eigenvalue weighted by atomic mass is 10.0.